The molecule has 1 aromatic heterocycles. The zero-order valence-electron chi connectivity index (χ0n) is 9.93. The van der Waals surface area contributed by atoms with E-state index in [9.17, 15) is 4.39 Å². The third-order valence-electron chi connectivity index (χ3n) is 2.74. The highest BCUT2D eigenvalue weighted by atomic mass is 79.9. The summed E-state index contributed by atoms with van der Waals surface area (Å²) in [5.41, 5.74) is 2.11. The Kier molecular flexibility index (Phi) is 4.59. The minimum Gasteiger partial charge on any atom is -0.309 e. The molecule has 1 nitrogen and oxygen atoms in total. The largest absolute Gasteiger partial charge is 0.309 e. The van der Waals surface area contributed by atoms with Crippen molar-refractivity contribution in [3.63, 3.8) is 0 Å². The lowest BCUT2D eigenvalue weighted by Crippen LogP contribution is -2.17. The predicted molar refractivity (Wildman–Crippen MR) is 81.8 cm³/mol. The minimum atomic E-state index is -0.236. The lowest BCUT2D eigenvalue weighted by Gasteiger charge is -2.17. The molecule has 0 fully saturated rings. The summed E-state index contributed by atoms with van der Waals surface area (Å²) in [6.45, 7) is 2.05. The molecule has 0 bridgehead atoms. The van der Waals surface area contributed by atoms with Crippen LogP contribution in [0.3, 0.4) is 0 Å². The summed E-state index contributed by atoms with van der Waals surface area (Å²) in [7, 11) is 1.88. The predicted octanol–water partition coefficient (Wildman–Crippen LogP) is 5.03. The summed E-state index contributed by atoms with van der Waals surface area (Å²) in [6, 6.07) is 7.22. The number of aryl methyl sites for hydroxylation is 1. The molecule has 0 spiro atoms. The van der Waals surface area contributed by atoms with Crippen molar-refractivity contribution in [3.8, 4) is 0 Å². The topological polar surface area (TPSA) is 12.0 Å². The van der Waals surface area contributed by atoms with Crippen molar-refractivity contribution >= 4 is 43.2 Å². The van der Waals surface area contributed by atoms with Crippen molar-refractivity contribution in [1.29, 1.82) is 0 Å². The van der Waals surface area contributed by atoms with Crippen molar-refractivity contribution < 1.29 is 4.39 Å². The first kappa shape index (κ1) is 14.2. The van der Waals surface area contributed by atoms with E-state index < -0.39 is 0 Å². The fourth-order valence-electron chi connectivity index (χ4n) is 1.82. The molecule has 0 saturated heterocycles. The molecule has 96 valence electrons. The lowest BCUT2D eigenvalue weighted by atomic mass is 10.1. The first-order valence-corrected chi connectivity index (χ1v) is 7.82. The SMILES string of the molecule is CNC(c1cc(C)c(Br)s1)c1cccc(F)c1Br. The molecule has 5 heteroatoms. The maximum absolute atomic E-state index is 13.6. The van der Waals surface area contributed by atoms with E-state index in [1.807, 2.05) is 13.1 Å². The summed E-state index contributed by atoms with van der Waals surface area (Å²) in [5.74, 6) is -0.236. The molecule has 0 amide bonds. The summed E-state index contributed by atoms with van der Waals surface area (Å²) in [5, 5.41) is 3.24. The number of halogens is 3. The first-order valence-electron chi connectivity index (χ1n) is 5.41. The number of hydrogen-bond acceptors (Lipinski definition) is 2. The third kappa shape index (κ3) is 2.69. The highest BCUT2D eigenvalue weighted by Gasteiger charge is 2.19. The Morgan fingerprint density at radius 3 is 2.61 bits per heavy atom. The van der Waals surface area contributed by atoms with Crippen LogP contribution in [-0.4, -0.2) is 7.05 Å². The molecule has 0 aliphatic carbocycles. The lowest BCUT2D eigenvalue weighted by molar-refractivity contribution is 0.609. The maximum Gasteiger partial charge on any atom is 0.137 e. The Hall–Kier alpha value is -0.230. The number of rotatable bonds is 3. The molecule has 1 aromatic carbocycles. The van der Waals surface area contributed by atoms with E-state index in [0.29, 0.717) is 4.47 Å². The molecule has 0 saturated carbocycles. The summed E-state index contributed by atoms with van der Waals surface area (Å²) < 4.78 is 15.2. The molecule has 1 heterocycles. The van der Waals surface area contributed by atoms with E-state index in [1.54, 1.807) is 17.4 Å². The third-order valence-corrected chi connectivity index (χ3v) is 5.78. The summed E-state index contributed by atoms with van der Waals surface area (Å²) >= 11 is 8.51. The molecule has 1 N–H and O–H groups in total. The van der Waals surface area contributed by atoms with E-state index >= 15 is 0 Å². The van der Waals surface area contributed by atoms with Gasteiger partial charge in [-0.05, 0) is 69.1 Å². The molecule has 1 atom stereocenters. The van der Waals surface area contributed by atoms with Gasteiger partial charge in [-0.25, -0.2) is 4.39 Å². The monoisotopic (exact) mass is 391 g/mol. The average molecular weight is 393 g/mol. The number of hydrogen-bond donors (Lipinski definition) is 1. The maximum atomic E-state index is 13.6. The van der Waals surface area contributed by atoms with Gasteiger partial charge in [0, 0.05) is 4.88 Å². The summed E-state index contributed by atoms with van der Waals surface area (Å²) in [6.07, 6.45) is 0. The van der Waals surface area contributed by atoms with Crippen LogP contribution >= 0.6 is 43.2 Å². The van der Waals surface area contributed by atoms with Crippen LogP contribution in [0.1, 0.15) is 22.0 Å². The zero-order valence-corrected chi connectivity index (χ0v) is 13.9. The van der Waals surface area contributed by atoms with Crippen LogP contribution in [0.25, 0.3) is 0 Å². The first-order chi connectivity index (χ1) is 8.54. The molecule has 0 aliphatic rings. The van der Waals surface area contributed by atoms with Gasteiger partial charge >= 0.3 is 0 Å². The smallest absolute Gasteiger partial charge is 0.137 e. The molecule has 18 heavy (non-hydrogen) atoms. The fraction of sp³-hybridized carbons (Fsp3) is 0.231. The Morgan fingerprint density at radius 2 is 2.06 bits per heavy atom. The van der Waals surface area contributed by atoms with Crippen molar-refractivity contribution in [2.75, 3.05) is 7.05 Å². The standard InChI is InChI=1S/C13H12Br2FNS/c1-7-6-10(18-13(7)15)12(17-2)8-4-3-5-9(16)11(8)14/h3-6,12,17H,1-2H3. The molecule has 2 aromatic rings. The molecular formula is C13H12Br2FNS. The Balaban J connectivity index is 2.48. The van der Waals surface area contributed by atoms with Crippen molar-refractivity contribution in [2.24, 2.45) is 0 Å². The summed E-state index contributed by atoms with van der Waals surface area (Å²) in [4.78, 5) is 1.16. The van der Waals surface area contributed by atoms with Crippen LogP contribution in [0.5, 0.6) is 0 Å². The van der Waals surface area contributed by atoms with Crippen molar-refractivity contribution in [1.82, 2.24) is 5.32 Å². The number of nitrogens with one attached hydrogen (secondary N) is 1. The fourth-order valence-corrected chi connectivity index (χ4v) is 4.01. The Bertz CT molecular complexity index is 549. The second-order valence-electron chi connectivity index (χ2n) is 3.97. The van der Waals surface area contributed by atoms with Crippen LogP contribution in [0.4, 0.5) is 4.39 Å². The van der Waals surface area contributed by atoms with Gasteiger partial charge in [0.15, 0.2) is 0 Å². The van der Waals surface area contributed by atoms with E-state index in [1.165, 1.54) is 11.6 Å². The second-order valence-corrected chi connectivity index (χ2v) is 7.16. The van der Waals surface area contributed by atoms with Gasteiger partial charge < -0.3 is 5.32 Å². The van der Waals surface area contributed by atoms with Gasteiger partial charge in [0.1, 0.15) is 5.82 Å². The van der Waals surface area contributed by atoms with E-state index in [-0.39, 0.29) is 11.9 Å². The zero-order chi connectivity index (χ0) is 13.3. The van der Waals surface area contributed by atoms with Crippen molar-refractivity contribution in [3.05, 3.63) is 54.3 Å². The molecular weight excluding hydrogens is 381 g/mol. The van der Waals surface area contributed by atoms with E-state index in [0.717, 1.165) is 14.2 Å². The Morgan fingerprint density at radius 1 is 1.33 bits per heavy atom. The molecule has 1 unspecified atom stereocenters. The average Bonchev–Trinajstić information content (AvgIpc) is 2.66. The van der Waals surface area contributed by atoms with Crippen LogP contribution in [0, 0.1) is 12.7 Å². The minimum absolute atomic E-state index is 0.00919. The Labute approximate surface area is 127 Å². The van der Waals surface area contributed by atoms with Gasteiger partial charge in [-0.1, -0.05) is 12.1 Å². The van der Waals surface area contributed by atoms with Crippen molar-refractivity contribution in [2.45, 2.75) is 13.0 Å². The highest BCUT2D eigenvalue weighted by molar-refractivity contribution is 9.11. The van der Waals surface area contributed by atoms with Gasteiger partial charge in [-0.3, -0.25) is 0 Å². The van der Waals surface area contributed by atoms with Gasteiger partial charge in [-0.2, -0.15) is 0 Å². The van der Waals surface area contributed by atoms with Gasteiger partial charge in [0.25, 0.3) is 0 Å². The van der Waals surface area contributed by atoms with Crippen LogP contribution in [0.2, 0.25) is 0 Å². The number of benzene rings is 1. The highest BCUT2D eigenvalue weighted by Crippen LogP contribution is 2.37. The quantitative estimate of drug-likeness (QED) is 0.772. The second kappa shape index (κ2) is 5.82. The van der Waals surface area contributed by atoms with Gasteiger partial charge in [0.05, 0.1) is 14.3 Å². The normalized spacial score (nSPS) is 12.7. The molecule has 2 rings (SSSR count). The van der Waals surface area contributed by atoms with Crippen LogP contribution < -0.4 is 5.32 Å². The number of thiophene rings is 1. The van der Waals surface area contributed by atoms with Gasteiger partial charge in [-0.15, -0.1) is 11.3 Å². The van der Waals surface area contributed by atoms with Crippen LogP contribution in [-0.2, 0) is 0 Å². The van der Waals surface area contributed by atoms with E-state index in [4.69, 9.17) is 0 Å². The van der Waals surface area contributed by atoms with Gasteiger partial charge in [0.2, 0.25) is 0 Å². The van der Waals surface area contributed by atoms with E-state index in [2.05, 4.69) is 50.2 Å². The molecule has 0 aliphatic heterocycles. The van der Waals surface area contributed by atoms with Crippen LogP contribution in [0.15, 0.2) is 32.5 Å². The molecule has 0 radical (unpaired) electrons.